The summed E-state index contributed by atoms with van der Waals surface area (Å²) >= 11 is 0. The first kappa shape index (κ1) is 12.3. The van der Waals surface area contributed by atoms with Crippen LogP contribution in [0.1, 0.15) is 15.9 Å². The number of likely N-dealkylation sites (N-methyl/N-ethyl adjacent to an activating group) is 1. The van der Waals surface area contributed by atoms with E-state index in [1.807, 2.05) is 19.2 Å². The maximum absolute atomic E-state index is 10.8. The van der Waals surface area contributed by atoms with Crippen molar-refractivity contribution in [2.45, 2.75) is 0 Å². The fourth-order valence-electron chi connectivity index (χ4n) is 1.30. The maximum Gasteiger partial charge on any atom is 0.339 e. The molecular weight excluding hydrogens is 206 g/mol. The minimum Gasteiger partial charge on any atom is -0.496 e. The van der Waals surface area contributed by atoms with E-state index in [1.165, 1.54) is 7.11 Å². The van der Waals surface area contributed by atoms with E-state index in [-0.39, 0.29) is 5.56 Å². The van der Waals surface area contributed by atoms with Crippen LogP contribution in [-0.4, -0.2) is 31.8 Å². The quantitative estimate of drug-likeness (QED) is 0.793. The van der Waals surface area contributed by atoms with Crippen molar-refractivity contribution < 1.29 is 14.6 Å². The molecule has 0 saturated heterocycles. The van der Waals surface area contributed by atoms with Crippen LogP contribution in [0, 0.1) is 0 Å². The summed E-state index contributed by atoms with van der Waals surface area (Å²) in [6.07, 6.45) is 3.86. The third-order valence-corrected chi connectivity index (χ3v) is 2.09. The Labute approximate surface area is 94.6 Å². The molecule has 4 nitrogen and oxygen atoms in total. The van der Waals surface area contributed by atoms with Crippen LogP contribution in [0.15, 0.2) is 24.3 Å². The number of carboxylic acid groups (broad SMARTS) is 1. The molecule has 0 fully saturated rings. The van der Waals surface area contributed by atoms with Crippen LogP contribution in [0.2, 0.25) is 0 Å². The minimum absolute atomic E-state index is 0.174. The van der Waals surface area contributed by atoms with Gasteiger partial charge in [0.25, 0.3) is 0 Å². The molecular formula is C12H15NO3. The molecule has 1 aromatic carbocycles. The molecule has 86 valence electrons. The number of nitrogens with one attached hydrogen (secondary N) is 1. The van der Waals surface area contributed by atoms with Crippen LogP contribution in [0.3, 0.4) is 0 Å². The molecule has 4 heteroatoms. The zero-order valence-electron chi connectivity index (χ0n) is 9.36. The SMILES string of the molecule is CNCC=Cc1ccc(C(=O)O)c(OC)c1. The van der Waals surface area contributed by atoms with Gasteiger partial charge in [-0.05, 0) is 24.7 Å². The van der Waals surface area contributed by atoms with Crippen molar-refractivity contribution in [1.29, 1.82) is 0 Å². The highest BCUT2D eigenvalue weighted by atomic mass is 16.5. The average molecular weight is 221 g/mol. The lowest BCUT2D eigenvalue weighted by atomic mass is 10.1. The molecule has 0 aliphatic rings. The standard InChI is InChI=1S/C12H15NO3/c1-13-7-3-4-9-5-6-10(12(14)15)11(8-9)16-2/h3-6,8,13H,7H2,1-2H3,(H,14,15). The van der Waals surface area contributed by atoms with E-state index < -0.39 is 5.97 Å². The molecule has 1 rings (SSSR count). The smallest absolute Gasteiger partial charge is 0.339 e. The van der Waals surface area contributed by atoms with Gasteiger partial charge in [0.15, 0.2) is 0 Å². The number of benzene rings is 1. The van der Waals surface area contributed by atoms with Gasteiger partial charge in [0, 0.05) is 6.54 Å². The summed E-state index contributed by atoms with van der Waals surface area (Å²) in [5, 5.41) is 11.9. The minimum atomic E-state index is -0.984. The zero-order valence-corrected chi connectivity index (χ0v) is 9.36. The number of hydrogen-bond acceptors (Lipinski definition) is 3. The summed E-state index contributed by atoms with van der Waals surface area (Å²) in [6, 6.07) is 4.99. The van der Waals surface area contributed by atoms with Crippen LogP contribution in [0.4, 0.5) is 0 Å². The summed E-state index contributed by atoms with van der Waals surface area (Å²) in [7, 11) is 3.32. The highest BCUT2D eigenvalue weighted by molar-refractivity contribution is 5.91. The number of rotatable bonds is 5. The Morgan fingerprint density at radius 1 is 1.56 bits per heavy atom. The number of carboxylic acids is 1. The van der Waals surface area contributed by atoms with Crippen LogP contribution >= 0.6 is 0 Å². The first-order chi connectivity index (χ1) is 7.69. The molecule has 0 bridgehead atoms. The van der Waals surface area contributed by atoms with Crippen molar-refractivity contribution in [1.82, 2.24) is 5.32 Å². The van der Waals surface area contributed by atoms with Crippen LogP contribution in [0.5, 0.6) is 5.75 Å². The van der Waals surface area contributed by atoms with E-state index in [1.54, 1.807) is 18.2 Å². The number of hydrogen-bond donors (Lipinski definition) is 2. The van der Waals surface area contributed by atoms with Gasteiger partial charge in [-0.2, -0.15) is 0 Å². The van der Waals surface area contributed by atoms with Gasteiger partial charge in [-0.3, -0.25) is 0 Å². The largest absolute Gasteiger partial charge is 0.496 e. The van der Waals surface area contributed by atoms with E-state index in [9.17, 15) is 4.79 Å². The van der Waals surface area contributed by atoms with E-state index in [0.717, 1.165) is 12.1 Å². The van der Waals surface area contributed by atoms with Gasteiger partial charge < -0.3 is 15.2 Å². The highest BCUT2D eigenvalue weighted by Gasteiger charge is 2.09. The molecule has 0 amide bonds. The molecule has 0 radical (unpaired) electrons. The van der Waals surface area contributed by atoms with Gasteiger partial charge in [0.1, 0.15) is 11.3 Å². The number of carbonyl (C=O) groups is 1. The van der Waals surface area contributed by atoms with Crippen molar-refractivity contribution in [2.75, 3.05) is 20.7 Å². The second-order valence-electron chi connectivity index (χ2n) is 3.22. The summed E-state index contributed by atoms with van der Waals surface area (Å²) in [6.45, 7) is 0.767. The van der Waals surface area contributed by atoms with Crippen molar-refractivity contribution in [2.24, 2.45) is 0 Å². The molecule has 0 unspecified atom stereocenters. The zero-order chi connectivity index (χ0) is 12.0. The first-order valence-electron chi connectivity index (χ1n) is 4.91. The van der Waals surface area contributed by atoms with Gasteiger partial charge >= 0.3 is 5.97 Å². The highest BCUT2D eigenvalue weighted by Crippen LogP contribution is 2.20. The van der Waals surface area contributed by atoms with Crippen molar-refractivity contribution in [3.05, 3.63) is 35.4 Å². The Bertz CT molecular complexity index is 399. The summed E-state index contributed by atoms with van der Waals surface area (Å²) < 4.78 is 5.02. The molecule has 0 spiro atoms. The molecule has 16 heavy (non-hydrogen) atoms. The monoisotopic (exact) mass is 221 g/mol. The molecule has 0 saturated carbocycles. The van der Waals surface area contributed by atoms with Crippen molar-refractivity contribution >= 4 is 12.0 Å². The molecule has 0 heterocycles. The van der Waals surface area contributed by atoms with Crippen molar-refractivity contribution in [3.63, 3.8) is 0 Å². The van der Waals surface area contributed by atoms with Crippen LogP contribution in [-0.2, 0) is 0 Å². The molecule has 0 aromatic heterocycles. The van der Waals surface area contributed by atoms with E-state index in [0.29, 0.717) is 5.75 Å². The number of methoxy groups -OCH3 is 1. The average Bonchev–Trinajstić information content (AvgIpc) is 2.29. The van der Waals surface area contributed by atoms with Gasteiger partial charge in [-0.15, -0.1) is 0 Å². The molecule has 2 N–H and O–H groups in total. The van der Waals surface area contributed by atoms with Gasteiger partial charge in [0.2, 0.25) is 0 Å². The molecule has 0 aliphatic carbocycles. The third kappa shape index (κ3) is 3.10. The number of aromatic carboxylic acids is 1. The lowest BCUT2D eigenvalue weighted by Gasteiger charge is -2.05. The second-order valence-corrected chi connectivity index (χ2v) is 3.22. The third-order valence-electron chi connectivity index (χ3n) is 2.09. The Morgan fingerprint density at radius 3 is 2.88 bits per heavy atom. The lowest BCUT2D eigenvalue weighted by molar-refractivity contribution is 0.0693. The Kier molecular flexibility index (Phi) is 4.54. The second kappa shape index (κ2) is 5.92. The molecule has 0 atom stereocenters. The summed E-state index contributed by atoms with van der Waals surface area (Å²) in [5.41, 5.74) is 1.09. The number of ether oxygens (including phenoxy) is 1. The predicted molar refractivity (Wildman–Crippen MR) is 62.9 cm³/mol. The Balaban J connectivity index is 2.95. The topological polar surface area (TPSA) is 58.6 Å². The fourth-order valence-corrected chi connectivity index (χ4v) is 1.30. The van der Waals surface area contributed by atoms with Gasteiger partial charge in [-0.25, -0.2) is 4.79 Å². The fraction of sp³-hybridized carbons (Fsp3) is 0.250. The Hall–Kier alpha value is -1.81. The predicted octanol–water partition coefficient (Wildman–Crippen LogP) is 1.63. The first-order valence-corrected chi connectivity index (χ1v) is 4.91. The molecule has 1 aromatic rings. The van der Waals surface area contributed by atoms with Crippen LogP contribution in [0.25, 0.3) is 6.08 Å². The van der Waals surface area contributed by atoms with Crippen LogP contribution < -0.4 is 10.1 Å². The van der Waals surface area contributed by atoms with Gasteiger partial charge in [0.05, 0.1) is 7.11 Å². The van der Waals surface area contributed by atoms with E-state index in [4.69, 9.17) is 9.84 Å². The lowest BCUT2D eigenvalue weighted by Crippen LogP contribution is -2.03. The van der Waals surface area contributed by atoms with E-state index >= 15 is 0 Å². The normalized spacial score (nSPS) is 10.6. The maximum atomic E-state index is 10.8. The van der Waals surface area contributed by atoms with Gasteiger partial charge in [-0.1, -0.05) is 18.2 Å². The Morgan fingerprint density at radius 2 is 2.31 bits per heavy atom. The van der Waals surface area contributed by atoms with Crippen molar-refractivity contribution in [3.8, 4) is 5.75 Å². The summed E-state index contributed by atoms with van der Waals surface area (Å²) in [5.74, 6) is -0.610. The molecule has 0 aliphatic heterocycles. The van der Waals surface area contributed by atoms with E-state index in [2.05, 4.69) is 5.32 Å². The summed E-state index contributed by atoms with van der Waals surface area (Å²) in [4.78, 5) is 10.8.